The second-order valence-corrected chi connectivity index (χ2v) is 4.62. The van der Waals surface area contributed by atoms with E-state index >= 15 is 0 Å². The van der Waals surface area contributed by atoms with Crippen LogP contribution >= 0.6 is 0 Å². The molecule has 2 nitrogen and oxygen atoms in total. The predicted octanol–water partition coefficient (Wildman–Crippen LogP) is 3.55. The first-order chi connectivity index (χ1) is 9.76. The first kappa shape index (κ1) is 14.2. The Morgan fingerprint density at radius 3 is 2.35 bits per heavy atom. The molecular weight excluding hydrogens is 251 g/mol. The van der Waals surface area contributed by atoms with E-state index in [2.05, 4.69) is 24.4 Å². The van der Waals surface area contributed by atoms with Gasteiger partial charge in [0.1, 0.15) is 11.9 Å². The Bertz CT molecular complexity index is 629. The Labute approximate surface area is 118 Å². The number of hydrogen-bond acceptors (Lipinski definition) is 2. The third-order valence-corrected chi connectivity index (χ3v) is 3.33. The highest BCUT2D eigenvalue weighted by atomic mass is 19.1. The molecule has 0 heterocycles. The highest BCUT2D eigenvalue weighted by molar-refractivity contribution is 5.35. The van der Waals surface area contributed by atoms with Gasteiger partial charge in [0, 0.05) is 18.7 Å². The van der Waals surface area contributed by atoms with Crippen LogP contribution in [-0.4, -0.2) is 0 Å². The quantitative estimate of drug-likeness (QED) is 0.900. The van der Waals surface area contributed by atoms with Crippen molar-refractivity contribution in [2.45, 2.75) is 26.4 Å². The lowest BCUT2D eigenvalue weighted by atomic mass is 10.1. The average molecular weight is 268 g/mol. The zero-order chi connectivity index (χ0) is 14.4. The predicted molar refractivity (Wildman–Crippen MR) is 77.5 cm³/mol. The topological polar surface area (TPSA) is 35.8 Å². The monoisotopic (exact) mass is 268 g/mol. The zero-order valence-electron chi connectivity index (χ0n) is 11.5. The van der Waals surface area contributed by atoms with Gasteiger partial charge in [0.2, 0.25) is 0 Å². The molecule has 0 fully saturated rings. The number of nitrogens with zero attached hydrogens (tertiary/aromatic N) is 1. The molecule has 2 aromatic rings. The van der Waals surface area contributed by atoms with E-state index in [0.29, 0.717) is 18.7 Å². The lowest BCUT2D eigenvalue weighted by molar-refractivity contribution is 0.584. The maximum atomic E-state index is 13.9. The van der Waals surface area contributed by atoms with Gasteiger partial charge in [-0.2, -0.15) is 5.26 Å². The minimum absolute atomic E-state index is 0.0956. The van der Waals surface area contributed by atoms with Crippen molar-refractivity contribution in [3.63, 3.8) is 0 Å². The van der Waals surface area contributed by atoms with E-state index in [1.807, 2.05) is 18.2 Å². The minimum atomic E-state index is -0.425. The van der Waals surface area contributed by atoms with E-state index in [0.717, 1.165) is 6.42 Å². The van der Waals surface area contributed by atoms with Crippen molar-refractivity contribution in [1.29, 1.82) is 5.26 Å². The van der Waals surface area contributed by atoms with Gasteiger partial charge in [-0.25, -0.2) is 4.39 Å². The highest BCUT2D eigenvalue weighted by Gasteiger charge is 2.07. The fourth-order valence-electron chi connectivity index (χ4n) is 2.21. The molecule has 0 radical (unpaired) electrons. The fraction of sp³-hybridized carbons (Fsp3) is 0.235. The Morgan fingerprint density at radius 2 is 1.65 bits per heavy atom. The third kappa shape index (κ3) is 3.23. The Balaban J connectivity index is 2.02. The van der Waals surface area contributed by atoms with Crippen molar-refractivity contribution in [2.75, 3.05) is 0 Å². The summed E-state index contributed by atoms with van der Waals surface area (Å²) < 4.78 is 13.9. The summed E-state index contributed by atoms with van der Waals surface area (Å²) in [5, 5.41) is 12.0. The van der Waals surface area contributed by atoms with Crippen molar-refractivity contribution in [2.24, 2.45) is 0 Å². The van der Waals surface area contributed by atoms with Crippen LogP contribution < -0.4 is 5.32 Å². The summed E-state index contributed by atoms with van der Waals surface area (Å²) in [5.41, 5.74) is 3.15. The van der Waals surface area contributed by atoms with Gasteiger partial charge in [-0.15, -0.1) is 0 Å². The summed E-state index contributed by atoms with van der Waals surface area (Å²) in [5.74, 6) is -0.425. The maximum absolute atomic E-state index is 13.9. The van der Waals surface area contributed by atoms with Crippen molar-refractivity contribution in [3.8, 4) is 6.07 Å². The number of hydrogen-bond donors (Lipinski definition) is 1. The lowest BCUT2D eigenvalue weighted by Crippen LogP contribution is -2.15. The first-order valence-electron chi connectivity index (χ1n) is 6.71. The Hall–Kier alpha value is -2.18. The molecule has 1 N–H and O–H groups in total. The van der Waals surface area contributed by atoms with E-state index in [9.17, 15) is 4.39 Å². The van der Waals surface area contributed by atoms with E-state index in [1.54, 1.807) is 12.1 Å². The van der Waals surface area contributed by atoms with Gasteiger partial charge in [0.15, 0.2) is 0 Å². The van der Waals surface area contributed by atoms with E-state index in [4.69, 9.17) is 5.26 Å². The van der Waals surface area contributed by atoms with Gasteiger partial charge in [-0.05, 0) is 23.6 Å². The summed E-state index contributed by atoms with van der Waals surface area (Å²) in [6, 6.07) is 15.0. The van der Waals surface area contributed by atoms with Crippen LogP contribution in [0.5, 0.6) is 0 Å². The summed E-state index contributed by atoms with van der Waals surface area (Å²) in [4.78, 5) is 0. The number of benzene rings is 2. The highest BCUT2D eigenvalue weighted by Crippen LogP contribution is 2.13. The molecule has 0 aliphatic carbocycles. The molecule has 0 spiro atoms. The molecule has 0 saturated heterocycles. The molecule has 2 aromatic carbocycles. The number of rotatable bonds is 5. The SMILES string of the molecule is CCc1ccccc1CNCc1cccc(C#N)c1F. The van der Waals surface area contributed by atoms with Crippen LogP contribution in [0.3, 0.4) is 0 Å². The van der Waals surface area contributed by atoms with Crippen LogP contribution in [0.1, 0.15) is 29.2 Å². The number of halogens is 1. The molecule has 0 unspecified atom stereocenters. The molecule has 3 heteroatoms. The number of aryl methyl sites for hydroxylation is 1. The lowest BCUT2D eigenvalue weighted by Gasteiger charge is -2.10. The smallest absolute Gasteiger partial charge is 0.145 e. The third-order valence-electron chi connectivity index (χ3n) is 3.33. The molecule has 0 aliphatic rings. The van der Waals surface area contributed by atoms with Gasteiger partial charge in [0.05, 0.1) is 5.56 Å². The van der Waals surface area contributed by atoms with E-state index in [-0.39, 0.29) is 5.56 Å². The summed E-state index contributed by atoms with van der Waals surface area (Å²) >= 11 is 0. The molecule has 102 valence electrons. The number of nitrogens with one attached hydrogen (secondary N) is 1. The van der Waals surface area contributed by atoms with Gasteiger partial charge in [0.25, 0.3) is 0 Å². The summed E-state index contributed by atoms with van der Waals surface area (Å²) in [6.07, 6.45) is 0.982. The first-order valence-corrected chi connectivity index (χ1v) is 6.71. The maximum Gasteiger partial charge on any atom is 0.145 e. The van der Waals surface area contributed by atoms with Gasteiger partial charge < -0.3 is 5.32 Å². The molecule has 0 aliphatic heterocycles. The van der Waals surface area contributed by atoms with Crippen molar-refractivity contribution in [3.05, 3.63) is 70.5 Å². The number of nitriles is 1. The largest absolute Gasteiger partial charge is 0.309 e. The fourth-order valence-corrected chi connectivity index (χ4v) is 2.21. The molecule has 0 amide bonds. The van der Waals surface area contributed by atoms with Crippen molar-refractivity contribution >= 4 is 0 Å². The standard InChI is InChI=1S/C17H17FN2/c1-2-13-6-3-4-7-15(13)11-20-12-16-9-5-8-14(10-19)17(16)18/h3-9,20H,2,11-12H2,1H3. The van der Waals surface area contributed by atoms with Crippen LogP contribution in [0, 0.1) is 17.1 Å². The van der Waals surface area contributed by atoms with Crippen LogP contribution in [-0.2, 0) is 19.5 Å². The summed E-state index contributed by atoms with van der Waals surface area (Å²) in [7, 11) is 0. The van der Waals surface area contributed by atoms with Gasteiger partial charge in [-0.3, -0.25) is 0 Å². The molecule has 0 aromatic heterocycles. The molecular formula is C17H17FN2. The molecule has 0 atom stereocenters. The van der Waals surface area contributed by atoms with Crippen molar-refractivity contribution in [1.82, 2.24) is 5.32 Å². The molecule has 0 bridgehead atoms. The van der Waals surface area contributed by atoms with Gasteiger partial charge in [-0.1, -0.05) is 43.3 Å². The van der Waals surface area contributed by atoms with E-state index < -0.39 is 5.82 Å². The van der Waals surface area contributed by atoms with Crippen LogP contribution in [0.15, 0.2) is 42.5 Å². The van der Waals surface area contributed by atoms with Crippen LogP contribution in [0.4, 0.5) is 4.39 Å². The summed E-state index contributed by atoms with van der Waals surface area (Å²) in [6.45, 7) is 3.23. The second-order valence-electron chi connectivity index (χ2n) is 4.62. The van der Waals surface area contributed by atoms with Crippen molar-refractivity contribution < 1.29 is 4.39 Å². The minimum Gasteiger partial charge on any atom is -0.309 e. The molecule has 20 heavy (non-hydrogen) atoms. The van der Waals surface area contributed by atoms with Gasteiger partial charge >= 0.3 is 0 Å². The Kier molecular flexibility index (Phi) is 4.86. The van der Waals surface area contributed by atoms with Crippen LogP contribution in [0.25, 0.3) is 0 Å². The zero-order valence-corrected chi connectivity index (χ0v) is 11.5. The Morgan fingerprint density at radius 1 is 1.00 bits per heavy atom. The molecule has 0 saturated carbocycles. The normalized spacial score (nSPS) is 10.2. The van der Waals surface area contributed by atoms with Crippen LogP contribution in [0.2, 0.25) is 0 Å². The molecule has 2 rings (SSSR count). The van der Waals surface area contributed by atoms with E-state index in [1.165, 1.54) is 17.2 Å². The second kappa shape index (κ2) is 6.83. The average Bonchev–Trinajstić information content (AvgIpc) is 2.49.